The number of nitrogens with two attached hydrogens (primary N) is 1. The average Bonchev–Trinajstić information content (AvgIpc) is 2.45. The maximum Gasteiger partial charge on any atom is 0.261 e. The number of hydrogen-bond donors (Lipinski definition) is 2. The summed E-state index contributed by atoms with van der Waals surface area (Å²) in [7, 11) is -3.62. The summed E-state index contributed by atoms with van der Waals surface area (Å²) in [5.74, 6) is 0.585. The van der Waals surface area contributed by atoms with Crippen LogP contribution < -0.4 is 15.2 Å². The second-order valence-electron chi connectivity index (χ2n) is 4.22. The van der Waals surface area contributed by atoms with Crippen LogP contribution in [0.5, 0.6) is 5.75 Å². The zero-order valence-corrected chi connectivity index (χ0v) is 13.5. The van der Waals surface area contributed by atoms with Crippen LogP contribution in [0.4, 0.5) is 5.69 Å². The third-order valence-corrected chi connectivity index (χ3v) is 4.49. The Kier molecular flexibility index (Phi) is 5.22. The molecule has 0 amide bonds. The summed E-state index contributed by atoms with van der Waals surface area (Å²) in [6, 6.07) is 13.1. The molecular formula is C14H15BrN2O3S. The third-order valence-electron chi connectivity index (χ3n) is 2.60. The molecule has 0 atom stereocenters. The van der Waals surface area contributed by atoms with Gasteiger partial charge in [0, 0.05) is 16.7 Å². The number of sulfonamides is 1. The fraction of sp³-hybridized carbons (Fsp3) is 0.143. The zero-order chi connectivity index (χ0) is 15.3. The van der Waals surface area contributed by atoms with Crippen LogP contribution in [0.2, 0.25) is 0 Å². The molecule has 7 heteroatoms. The van der Waals surface area contributed by atoms with E-state index in [-0.39, 0.29) is 4.90 Å². The zero-order valence-electron chi connectivity index (χ0n) is 11.1. The largest absolute Gasteiger partial charge is 0.492 e. The monoisotopic (exact) mass is 370 g/mol. The van der Waals surface area contributed by atoms with Crippen molar-refractivity contribution in [3.8, 4) is 5.75 Å². The lowest BCUT2D eigenvalue weighted by Crippen LogP contribution is -2.13. The summed E-state index contributed by atoms with van der Waals surface area (Å²) in [4.78, 5) is 0.169. The van der Waals surface area contributed by atoms with Crippen LogP contribution in [0.3, 0.4) is 0 Å². The second kappa shape index (κ2) is 6.93. The van der Waals surface area contributed by atoms with Gasteiger partial charge in [-0.15, -0.1) is 0 Å². The van der Waals surface area contributed by atoms with Gasteiger partial charge in [-0.25, -0.2) is 8.42 Å². The van der Waals surface area contributed by atoms with Gasteiger partial charge in [0.2, 0.25) is 0 Å². The van der Waals surface area contributed by atoms with Crippen molar-refractivity contribution in [2.45, 2.75) is 4.90 Å². The molecule has 5 nitrogen and oxygen atoms in total. The quantitative estimate of drug-likeness (QED) is 0.818. The number of hydrogen-bond acceptors (Lipinski definition) is 4. The van der Waals surface area contributed by atoms with Gasteiger partial charge in [0.15, 0.2) is 0 Å². The molecule has 0 aliphatic heterocycles. The van der Waals surface area contributed by atoms with Gasteiger partial charge in [0.05, 0.1) is 4.90 Å². The van der Waals surface area contributed by atoms with Gasteiger partial charge >= 0.3 is 0 Å². The predicted octanol–water partition coefficient (Wildman–Crippen LogP) is 2.59. The first kappa shape index (κ1) is 15.8. The van der Waals surface area contributed by atoms with Gasteiger partial charge in [0.1, 0.15) is 12.4 Å². The van der Waals surface area contributed by atoms with E-state index in [9.17, 15) is 8.42 Å². The minimum absolute atomic E-state index is 0.169. The van der Waals surface area contributed by atoms with Gasteiger partial charge in [-0.2, -0.15) is 0 Å². The van der Waals surface area contributed by atoms with Crippen LogP contribution in [0, 0.1) is 0 Å². The average molecular weight is 371 g/mol. The standard InChI is InChI=1S/C14H15BrN2O3S/c15-11-2-1-3-12(10-11)17-21(18,19)14-6-4-13(5-7-14)20-9-8-16/h1-7,10,17H,8-9,16H2. The molecule has 2 aromatic rings. The summed E-state index contributed by atoms with van der Waals surface area (Å²) < 4.78 is 33.1. The summed E-state index contributed by atoms with van der Waals surface area (Å²) in [5, 5.41) is 0. The molecule has 112 valence electrons. The van der Waals surface area contributed by atoms with Crippen molar-refractivity contribution in [1.29, 1.82) is 0 Å². The van der Waals surface area contributed by atoms with Gasteiger partial charge < -0.3 is 10.5 Å². The molecule has 0 heterocycles. The molecule has 2 rings (SSSR count). The lowest BCUT2D eigenvalue weighted by atomic mass is 10.3. The van der Waals surface area contributed by atoms with Crippen molar-refractivity contribution in [3.63, 3.8) is 0 Å². The molecule has 0 unspecified atom stereocenters. The SMILES string of the molecule is NCCOc1ccc(S(=O)(=O)Nc2cccc(Br)c2)cc1. The molecule has 3 N–H and O–H groups in total. The van der Waals surface area contributed by atoms with E-state index in [1.165, 1.54) is 12.1 Å². The maximum absolute atomic E-state index is 12.3. The Hall–Kier alpha value is -1.57. The van der Waals surface area contributed by atoms with Crippen LogP contribution in [0.15, 0.2) is 57.9 Å². The fourth-order valence-corrected chi connectivity index (χ4v) is 3.11. The van der Waals surface area contributed by atoms with Crippen molar-refractivity contribution in [3.05, 3.63) is 53.0 Å². The van der Waals surface area contributed by atoms with Gasteiger partial charge in [0.25, 0.3) is 10.0 Å². The molecule has 0 bridgehead atoms. The van der Waals surface area contributed by atoms with E-state index in [1.54, 1.807) is 30.3 Å². The maximum atomic E-state index is 12.3. The van der Waals surface area contributed by atoms with Crippen molar-refractivity contribution < 1.29 is 13.2 Å². The highest BCUT2D eigenvalue weighted by Crippen LogP contribution is 2.21. The Bertz CT molecular complexity index is 702. The van der Waals surface area contributed by atoms with Crippen molar-refractivity contribution in [2.24, 2.45) is 5.73 Å². The lowest BCUT2D eigenvalue weighted by Gasteiger charge is -2.09. The van der Waals surface area contributed by atoms with Crippen LogP contribution in [-0.2, 0) is 10.0 Å². The Morgan fingerprint density at radius 1 is 1.14 bits per heavy atom. The normalized spacial score (nSPS) is 11.1. The highest BCUT2D eigenvalue weighted by atomic mass is 79.9. The molecule has 0 saturated heterocycles. The highest BCUT2D eigenvalue weighted by Gasteiger charge is 2.14. The van der Waals surface area contributed by atoms with E-state index in [4.69, 9.17) is 10.5 Å². The smallest absolute Gasteiger partial charge is 0.261 e. The van der Waals surface area contributed by atoms with E-state index >= 15 is 0 Å². The number of halogens is 1. The first-order chi connectivity index (χ1) is 10.0. The summed E-state index contributed by atoms with van der Waals surface area (Å²) in [6.45, 7) is 0.798. The van der Waals surface area contributed by atoms with Gasteiger partial charge in [-0.1, -0.05) is 22.0 Å². The van der Waals surface area contributed by atoms with E-state index in [2.05, 4.69) is 20.7 Å². The van der Waals surface area contributed by atoms with E-state index in [0.717, 1.165) is 4.47 Å². The van der Waals surface area contributed by atoms with E-state index < -0.39 is 10.0 Å². The van der Waals surface area contributed by atoms with E-state index in [1.807, 2.05) is 6.07 Å². The molecule has 0 aromatic heterocycles. The first-order valence-corrected chi connectivity index (χ1v) is 8.50. The Morgan fingerprint density at radius 3 is 2.48 bits per heavy atom. The minimum atomic E-state index is -3.62. The van der Waals surface area contributed by atoms with Gasteiger partial charge in [-0.05, 0) is 42.5 Å². The summed E-state index contributed by atoms with van der Waals surface area (Å²) in [6.07, 6.45) is 0. The number of benzene rings is 2. The molecule has 0 fully saturated rings. The predicted molar refractivity (Wildman–Crippen MR) is 85.9 cm³/mol. The molecular weight excluding hydrogens is 356 g/mol. The van der Waals surface area contributed by atoms with Crippen LogP contribution in [-0.4, -0.2) is 21.6 Å². The Labute approximate surface area is 132 Å². The molecule has 2 aromatic carbocycles. The first-order valence-electron chi connectivity index (χ1n) is 6.22. The van der Waals surface area contributed by atoms with Crippen molar-refractivity contribution in [1.82, 2.24) is 0 Å². The second-order valence-corrected chi connectivity index (χ2v) is 6.82. The van der Waals surface area contributed by atoms with Crippen LogP contribution >= 0.6 is 15.9 Å². The van der Waals surface area contributed by atoms with Gasteiger partial charge in [-0.3, -0.25) is 4.72 Å². The molecule has 0 aliphatic rings. The minimum Gasteiger partial charge on any atom is -0.492 e. The number of anilines is 1. The Morgan fingerprint density at radius 2 is 1.86 bits per heavy atom. The Balaban J connectivity index is 2.15. The van der Waals surface area contributed by atoms with E-state index in [0.29, 0.717) is 24.6 Å². The number of nitrogens with one attached hydrogen (secondary N) is 1. The van der Waals surface area contributed by atoms with Crippen LogP contribution in [0.1, 0.15) is 0 Å². The molecule has 0 radical (unpaired) electrons. The van der Waals surface area contributed by atoms with Crippen molar-refractivity contribution in [2.75, 3.05) is 17.9 Å². The van der Waals surface area contributed by atoms with Crippen molar-refractivity contribution >= 4 is 31.6 Å². The summed E-state index contributed by atoms with van der Waals surface area (Å²) >= 11 is 3.30. The number of rotatable bonds is 6. The highest BCUT2D eigenvalue weighted by molar-refractivity contribution is 9.10. The van der Waals surface area contributed by atoms with Crippen LogP contribution in [0.25, 0.3) is 0 Å². The fourth-order valence-electron chi connectivity index (χ4n) is 1.66. The molecule has 0 aliphatic carbocycles. The molecule has 0 spiro atoms. The number of ether oxygens (including phenoxy) is 1. The third kappa shape index (κ3) is 4.45. The topological polar surface area (TPSA) is 81.4 Å². The lowest BCUT2D eigenvalue weighted by molar-refractivity contribution is 0.328. The molecule has 21 heavy (non-hydrogen) atoms. The molecule has 0 saturated carbocycles. The summed E-state index contributed by atoms with van der Waals surface area (Å²) in [5.41, 5.74) is 5.83.